The molecular weight excluding hydrogens is 352 g/mol. The molecule has 6 nitrogen and oxygen atoms in total. The van der Waals surface area contributed by atoms with Gasteiger partial charge in [-0.05, 0) is 31.9 Å². The van der Waals surface area contributed by atoms with Crippen LogP contribution in [0.4, 0.5) is 0 Å². The molecule has 1 saturated heterocycles. The summed E-state index contributed by atoms with van der Waals surface area (Å²) in [5, 5.41) is 5.12. The summed E-state index contributed by atoms with van der Waals surface area (Å²) in [5.41, 5.74) is 6.60. The maximum Gasteiger partial charge on any atom is 0.219 e. The van der Waals surface area contributed by atoms with E-state index in [2.05, 4.69) is 28.4 Å². The molecular formula is C22H28N4O2. The van der Waals surface area contributed by atoms with Crippen LogP contribution in [0.15, 0.2) is 24.9 Å². The summed E-state index contributed by atoms with van der Waals surface area (Å²) < 4.78 is 7.79. The van der Waals surface area contributed by atoms with Gasteiger partial charge in [0.1, 0.15) is 0 Å². The van der Waals surface area contributed by atoms with Gasteiger partial charge in [-0.25, -0.2) is 0 Å². The zero-order chi connectivity index (χ0) is 19.7. The van der Waals surface area contributed by atoms with Gasteiger partial charge in [-0.2, -0.15) is 5.10 Å². The summed E-state index contributed by atoms with van der Waals surface area (Å²) in [7, 11) is 0. The molecule has 4 rings (SSSR count). The van der Waals surface area contributed by atoms with Gasteiger partial charge in [-0.15, -0.1) is 0 Å². The molecule has 0 unspecified atom stereocenters. The molecule has 0 saturated carbocycles. The molecule has 0 aliphatic carbocycles. The standard InChI is InChI=1S/C22H28N4O2/c1-4-17(18-6-10-23-20(18)5-2)22-19-14-25(15(3)27)11-7-21(19)26(24-22)16-8-12-28-13-9-16/h4-6,10,16,23H,2,7-9,11-14H2,1,3H3/b17-4+. The number of fused-ring (bicyclic) bond motifs is 1. The Balaban J connectivity index is 1.83. The van der Waals surface area contributed by atoms with Crippen molar-refractivity contribution in [1.82, 2.24) is 19.7 Å². The fourth-order valence-corrected chi connectivity index (χ4v) is 4.37. The lowest BCUT2D eigenvalue weighted by Gasteiger charge is -2.29. The van der Waals surface area contributed by atoms with Crippen LogP contribution in [0, 0.1) is 0 Å². The number of carbonyl (C=O) groups is 1. The lowest BCUT2D eigenvalue weighted by molar-refractivity contribution is -0.129. The van der Waals surface area contributed by atoms with Gasteiger partial charge < -0.3 is 14.6 Å². The molecule has 0 bridgehead atoms. The lowest BCUT2D eigenvalue weighted by Crippen LogP contribution is -2.35. The van der Waals surface area contributed by atoms with Gasteiger partial charge in [0.2, 0.25) is 5.91 Å². The Morgan fingerprint density at radius 3 is 2.86 bits per heavy atom. The van der Waals surface area contributed by atoms with Crippen LogP contribution in [0.1, 0.15) is 60.9 Å². The second-order valence-electron chi connectivity index (χ2n) is 7.46. The van der Waals surface area contributed by atoms with Crippen LogP contribution in [0.5, 0.6) is 0 Å². The first kappa shape index (κ1) is 18.7. The number of aromatic amines is 1. The Bertz CT molecular complexity index is 915. The van der Waals surface area contributed by atoms with Crippen molar-refractivity contribution < 1.29 is 9.53 Å². The number of nitrogens with one attached hydrogen (secondary N) is 1. The molecule has 1 N–H and O–H groups in total. The van der Waals surface area contributed by atoms with Gasteiger partial charge in [0.15, 0.2) is 0 Å². The summed E-state index contributed by atoms with van der Waals surface area (Å²) in [6, 6.07) is 2.43. The number of nitrogens with zero attached hydrogens (tertiary/aromatic N) is 3. The highest BCUT2D eigenvalue weighted by Gasteiger charge is 2.31. The van der Waals surface area contributed by atoms with Gasteiger partial charge in [0.05, 0.1) is 11.7 Å². The number of amides is 1. The van der Waals surface area contributed by atoms with Crippen LogP contribution < -0.4 is 0 Å². The predicted octanol–water partition coefficient (Wildman–Crippen LogP) is 3.56. The maximum atomic E-state index is 12.0. The average molecular weight is 380 g/mol. The summed E-state index contributed by atoms with van der Waals surface area (Å²) in [5.74, 6) is 0.117. The number of H-pyrrole nitrogens is 1. The number of ether oxygens (including phenoxy) is 1. The third kappa shape index (κ3) is 3.22. The third-order valence-electron chi connectivity index (χ3n) is 5.89. The van der Waals surface area contributed by atoms with E-state index in [4.69, 9.17) is 9.84 Å². The molecule has 6 heteroatoms. The van der Waals surface area contributed by atoms with Crippen molar-refractivity contribution in [2.24, 2.45) is 0 Å². The molecule has 2 aliphatic rings. The van der Waals surface area contributed by atoms with E-state index in [0.717, 1.165) is 61.5 Å². The zero-order valence-corrected chi connectivity index (χ0v) is 16.7. The van der Waals surface area contributed by atoms with Crippen LogP contribution in [0.3, 0.4) is 0 Å². The Kier molecular flexibility index (Phi) is 5.22. The molecule has 0 radical (unpaired) electrons. The molecule has 0 aromatic carbocycles. The van der Waals surface area contributed by atoms with E-state index in [0.29, 0.717) is 12.6 Å². The number of allylic oxidation sites excluding steroid dienone is 1. The minimum atomic E-state index is 0.117. The Morgan fingerprint density at radius 1 is 1.39 bits per heavy atom. The van der Waals surface area contributed by atoms with Crippen molar-refractivity contribution in [2.45, 2.75) is 45.7 Å². The molecule has 28 heavy (non-hydrogen) atoms. The lowest BCUT2D eigenvalue weighted by atomic mass is 9.95. The highest BCUT2D eigenvalue weighted by atomic mass is 16.5. The summed E-state index contributed by atoms with van der Waals surface area (Å²) in [4.78, 5) is 17.2. The van der Waals surface area contributed by atoms with Crippen molar-refractivity contribution in [3.63, 3.8) is 0 Å². The predicted molar refractivity (Wildman–Crippen MR) is 110 cm³/mol. The van der Waals surface area contributed by atoms with E-state index in [-0.39, 0.29) is 5.91 Å². The Labute approximate surface area is 165 Å². The smallest absolute Gasteiger partial charge is 0.219 e. The molecule has 1 fully saturated rings. The third-order valence-corrected chi connectivity index (χ3v) is 5.89. The van der Waals surface area contributed by atoms with Crippen LogP contribution in [-0.2, 0) is 22.5 Å². The maximum absolute atomic E-state index is 12.0. The SMILES string of the molecule is C=Cc1[nH]ccc1/C(=C\C)c1nn(C2CCOCC2)c2c1CN(C(C)=O)CC2. The van der Waals surface area contributed by atoms with Crippen molar-refractivity contribution >= 4 is 17.6 Å². The largest absolute Gasteiger partial charge is 0.381 e. The van der Waals surface area contributed by atoms with Gasteiger partial charge in [0, 0.05) is 73.9 Å². The molecule has 0 atom stereocenters. The van der Waals surface area contributed by atoms with E-state index < -0.39 is 0 Å². The molecule has 2 aliphatic heterocycles. The minimum absolute atomic E-state index is 0.117. The highest BCUT2D eigenvalue weighted by Crippen LogP contribution is 2.35. The Hall–Kier alpha value is -2.60. The van der Waals surface area contributed by atoms with E-state index in [9.17, 15) is 4.79 Å². The van der Waals surface area contributed by atoms with Crippen molar-refractivity contribution in [3.8, 4) is 0 Å². The molecule has 4 heterocycles. The highest BCUT2D eigenvalue weighted by molar-refractivity contribution is 5.84. The van der Waals surface area contributed by atoms with Crippen molar-refractivity contribution in [3.05, 3.63) is 53.1 Å². The second-order valence-corrected chi connectivity index (χ2v) is 7.46. The molecule has 2 aromatic heterocycles. The van der Waals surface area contributed by atoms with Crippen LogP contribution in [0.25, 0.3) is 11.6 Å². The van der Waals surface area contributed by atoms with Gasteiger partial charge in [-0.3, -0.25) is 9.48 Å². The number of rotatable bonds is 4. The average Bonchev–Trinajstić information content (AvgIpc) is 3.34. The molecule has 1 amide bonds. The van der Waals surface area contributed by atoms with Gasteiger partial charge in [0.25, 0.3) is 0 Å². The molecule has 148 valence electrons. The van der Waals surface area contributed by atoms with Gasteiger partial charge in [-0.1, -0.05) is 12.7 Å². The fourth-order valence-electron chi connectivity index (χ4n) is 4.37. The second kappa shape index (κ2) is 7.80. The fraction of sp³-hybridized carbons (Fsp3) is 0.455. The Morgan fingerprint density at radius 2 is 2.18 bits per heavy atom. The number of hydrogen-bond donors (Lipinski definition) is 1. The first-order chi connectivity index (χ1) is 13.6. The number of aromatic nitrogens is 3. The number of carbonyl (C=O) groups excluding carboxylic acids is 1. The summed E-state index contributed by atoms with van der Waals surface area (Å²) in [6.45, 7) is 10.5. The monoisotopic (exact) mass is 380 g/mol. The van der Waals surface area contributed by atoms with E-state index in [1.165, 1.54) is 11.3 Å². The van der Waals surface area contributed by atoms with Crippen LogP contribution in [0.2, 0.25) is 0 Å². The zero-order valence-electron chi connectivity index (χ0n) is 16.7. The van der Waals surface area contributed by atoms with Crippen LogP contribution in [-0.4, -0.2) is 45.3 Å². The summed E-state index contributed by atoms with van der Waals surface area (Å²) >= 11 is 0. The normalized spacial score (nSPS) is 18.2. The number of hydrogen-bond acceptors (Lipinski definition) is 3. The minimum Gasteiger partial charge on any atom is -0.381 e. The van der Waals surface area contributed by atoms with E-state index in [1.807, 2.05) is 24.1 Å². The topological polar surface area (TPSA) is 63.2 Å². The van der Waals surface area contributed by atoms with Crippen molar-refractivity contribution in [2.75, 3.05) is 19.8 Å². The van der Waals surface area contributed by atoms with E-state index >= 15 is 0 Å². The van der Waals surface area contributed by atoms with E-state index in [1.54, 1.807) is 6.92 Å². The van der Waals surface area contributed by atoms with Crippen LogP contribution >= 0.6 is 0 Å². The van der Waals surface area contributed by atoms with Gasteiger partial charge >= 0.3 is 0 Å². The first-order valence-electron chi connectivity index (χ1n) is 10.0. The quantitative estimate of drug-likeness (QED) is 0.882. The summed E-state index contributed by atoms with van der Waals surface area (Å²) in [6.07, 6.45) is 8.69. The molecule has 0 spiro atoms. The molecule has 2 aromatic rings. The first-order valence-corrected chi connectivity index (χ1v) is 10.0. The van der Waals surface area contributed by atoms with Crippen molar-refractivity contribution in [1.29, 1.82) is 0 Å².